The van der Waals surface area contributed by atoms with Crippen molar-refractivity contribution in [1.82, 2.24) is 9.80 Å². The number of fused-ring (bicyclic) bond motifs is 1. The lowest BCUT2D eigenvalue weighted by atomic mass is 9.78. The van der Waals surface area contributed by atoms with E-state index in [0.29, 0.717) is 31.1 Å². The third-order valence-corrected chi connectivity index (χ3v) is 6.27. The van der Waals surface area contributed by atoms with Crippen molar-refractivity contribution in [2.75, 3.05) is 26.2 Å². The minimum atomic E-state index is 0.365. The van der Waals surface area contributed by atoms with Gasteiger partial charge >= 0.3 is 0 Å². The van der Waals surface area contributed by atoms with Crippen LogP contribution in [0.15, 0.2) is 0 Å². The number of likely N-dealkylation sites (tertiary alicyclic amines) is 2. The van der Waals surface area contributed by atoms with E-state index in [4.69, 9.17) is 5.73 Å². The fourth-order valence-electron chi connectivity index (χ4n) is 4.95. The summed E-state index contributed by atoms with van der Waals surface area (Å²) >= 11 is 0. The number of piperidine rings is 2. The fraction of sp³-hybridized carbons (Fsp3) is 0.944. The summed E-state index contributed by atoms with van der Waals surface area (Å²) in [6, 6.07) is 0.940. The third kappa shape index (κ3) is 3.48. The van der Waals surface area contributed by atoms with Gasteiger partial charge in [-0.1, -0.05) is 19.8 Å². The Hall–Kier alpha value is -0.610. The molecule has 3 aliphatic rings. The zero-order valence-electron chi connectivity index (χ0n) is 14.2. The number of rotatable bonds is 3. The van der Waals surface area contributed by atoms with Gasteiger partial charge in [0.2, 0.25) is 5.91 Å². The van der Waals surface area contributed by atoms with Gasteiger partial charge in [0.25, 0.3) is 0 Å². The number of nitrogens with two attached hydrogens (primary N) is 1. The van der Waals surface area contributed by atoms with Gasteiger partial charge in [-0.15, -0.1) is 0 Å². The number of hydrogen-bond donors (Lipinski definition) is 1. The largest absolute Gasteiger partial charge is 0.338 e. The molecule has 4 unspecified atom stereocenters. The molecule has 2 saturated heterocycles. The number of amides is 1. The quantitative estimate of drug-likeness (QED) is 0.870. The third-order valence-electron chi connectivity index (χ3n) is 6.27. The van der Waals surface area contributed by atoms with E-state index in [1.165, 1.54) is 44.9 Å². The zero-order valence-corrected chi connectivity index (χ0v) is 14.2. The second kappa shape index (κ2) is 7.31. The average Bonchev–Trinajstić information content (AvgIpc) is 2.55. The molecule has 1 amide bonds. The van der Waals surface area contributed by atoms with Gasteiger partial charge in [0.05, 0.1) is 6.54 Å². The predicted molar refractivity (Wildman–Crippen MR) is 89.5 cm³/mol. The van der Waals surface area contributed by atoms with Gasteiger partial charge < -0.3 is 10.6 Å². The Morgan fingerprint density at radius 1 is 1.09 bits per heavy atom. The minimum Gasteiger partial charge on any atom is -0.338 e. The Morgan fingerprint density at radius 2 is 1.86 bits per heavy atom. The summed E-state index contributed by atoms with van der Waals surface area (Å²) in [6.45, 7) is 5.61. The summed E-state index contributed by atoms with van der Waals surface area (Å²) < 4.78 is 0. The summed E-state index contributed by atoms with van der Waals surface area (Å²) in [5.41, 5.74) is 5.95. The van der Waals surface area contributed by atoms with Gasteiger partial charge in [0, 0.05) is 25.2 Å². The maximum atomic E-state index is 12.9. The van der Waals surface area contributed by atoms with Crippen molar-refractivity contribution >= 4 is 5.91 Å². The average molecular weight is 307 g/mol. The van der Waals surface area contributed by atoms with Gasteiger partial charge in [-0.05, 0) is 56.9 Å². The molecule has 2 aliphatic heterocycles. The molecule has 0 aromatic rings. The summed E-state index contributed by atoms with van der Waals surface area (Å²) in [4.78, 5) is 17.5. The van der Waals surface area contributed by atoms with Crippen LogP contribution in [0.3, 0.4) is 0 Å². The first-order chi connectivity index (χ1) is 10.7. The molecule has 126 valence electrons. The SMILES string of the molecule is CC1CCN(CC(=O)N2CCCC3CCCCC32)C(CN)C1. The molecular weight excluding hydrogens is 274 g/mol. The van der Waals surface area contributed by atoms with Crippen LogP contribution in [0, 0.1) is 11.8 Å². The van der Waals surface area contributed by atoms with Crippen LogP contribution in [0.1, 0.15) is 58.3 Å². The summed E-state index contributed by atoms with van der Waals surface area (Å²) in [6.07, 6.45) is 10.1. The van der Waals surface area contributed by atoms with E-state index in [1.54, 1.807) is 0 Å². The van der Waals surface area contributed by atoms with E-state index in [1.807, 2.05) is 0 Å². The number of nitrogens with zero attached hydrogens (tertiary/aromatic N) is 2. The molecule has 22 heavy (non-hydrogen) atoms. The van der Waals surface area contributed by atoms with Gasteiger partial charge in [0.1, 0.15) is 0 Å². The lowest BCUT2D eigenvalue weighted by Crippen LogP contribution is -2.55. The molecule has 1 saturated carbocycles. The highest BCUT2D eigenvalue weighted by Gasteiger charge is 2.37. The van der Waals surface area contributed by atoms with Crippen molar-refractivity contribution in [2.24, 2.45) is 17.6 Å². The number of hydrogen-bond acceptors (Lipinski definition) is 3. The first-order valence-corrected chi connectivity index (χ1v) is 9.42. The first-order valence-electron chi connectivity index (χ1n) is 9.42. The molecule has 0 aromatic carbocycles. The molecule has 4 heteroatoms. The molecule has 0 aromatic heterocycles. The van der Waals surface area contributed by atoms with Crippen molar-refractivity contribution in [3.05, 3.63) is 0 Å². The summed E-state index contributed by atoms with van der Waals surface area (Å²) in [5.74, 6) is 1.89. The minimum absolute atomic E-state index is 0.365. The van der Waals surface area contributed by atoms with E-state index >= 15 is 0 Å². The monoisotopic (exact) mass is 307 g/mol. The van der Waals surface area contributed by atoms with Crippen LogP contribution in [-0.4, -0.2) is 54.0 Å². The Labute approximate surface area is 135 Å². The standard InChI is InChI=1S/C18H33N3O/c1-14-8-10-20(16(11-14)12-19)13-18(22)21-9-4-6-15-5-2-3-7-17(15)21/h14-17H,2-13,19H2,1H3. The van der Waals surface area contributed by atoms with Gasteiger partial charge in [-0.3, -0.25) is 9.69 Å². The van der Waals surface area contributed by atoms with E-state index in [0.717, 1.165) is 31.3 Å². The molecule has 4 atom stereocenters. The molecule has 4 nitrogen and oxygen atoms in total. The summed E-state index contributed by atoms with van der Waals surface area (Å²) in [5, 5.41) is 0. The van der Waals surface area contributed by atoms with Crippen molar-refractivity contribution in [1.29, 1.82) is 0 Å². The Balaban J connectivity index is 1.60. The second-order valence-electron chi connectivity index (χ2n) is 7.83. The van der Waals surface area contributed by atoms with Crippen LogP contribution in [-0.2, 0) is 4.79 Å². The van der Waals surface area contributed by atoms with Gasteiger partial charge in [-0.25, -0.2) is 0 Å². The Bertz CT molecular complexity index is 385. The molecule has 0 spiro atoms. The maximum Gasteiger partial charge on any atom is 0.237 e. The number of carbonyl (C=O) groups excluding carboxylic acids is 1. The van der Waals surface area contributed by atoms with Crippen molar-refractivity contribution < 1.29 is 4.79 Å². The van der Waals surface area contributed by atoms with E-state index in [2.05, 4.69) is 16.7 Å². The maximum absolute atomic E-state index is 12.9. The number of carbonyl (C=O) groups is 1. The lowest BCUT2D eigenvalue weighted by Gasteiger charge is -2.45. The molecule has 0 radical (unpaired) electrons. The zero-order chi connectivity index (χ0) is 15.5. The molecule has 2 N–H and O–H groups in total. The van der Waals surface area contributed by atoms with Crippen LogP contribution in [0.2, 0.25) is 0 Å². The van der Waals surface area contributed by atoms with Crippen LogP contribution in [0.4, 0.5) is 0 Å². The Kier molecular flexibility index (Phi) is 5.40. The smallest absolute Gasteiger partial charge is 0.237 e. The predicted octanol–water partition coefficient (Wildman–Crippen LogP) is 2.23. The highest BCUT2D eigenvalue weighted by molar-refractivity contribution is 5.78. The fourth-order valence-corrected chi connectivity index (χ4v) is 4.95. The normalized spacial score (nSPS) is 36.9. The van der Waals surface area contributed by atoms with E-state index in [-0.39, 0.29) is 0 Å². The molecular formula is C18H33N3O. The van der Waals surface area contributed by atoms with Gasteiger partial charge in [-0.2, -0.15) is 0 Å². The van der Waals surface area contributed by atoms with E-state index < -0.39 is 0 Å². The van der Waals surface area contributed by atoms with Crippen LogP contribution in [0.25, 0.3) is 0 Å². The molecule has 2 heterocycles. The highest BCUT2D eigenvalue weighted by Crippen LogP contribution is 2.35. The Morgan fingerprint density at radius 3 is 2.68 bits per heavy atom. The lowest BCUT2D eigenvalue weighted by molar-refractivity contribution is -0.139. The van der Waals surface area contributed by atoms with E-state index in [9.17, 15) is 4.79 Å². The topological polar surface area (TPSA) is 49.6 Å². The van der Waals surface area contributed by atoms with Crippen LogP contribution >= 0.6 is 0 Å². The summed E-state index contributed by atoms with van der Waals surface area (Å²) in [7, 11) is 0. The van der Waals surface area contributed by atoms with Gasteiger partial charge in [0.15, 0.2) is 0 Å². The van der Waals surface area contributed by atoms with Crippen LogP contribution < -0.4 is 5.73 Å². The van der Waals surface area contributed by atoms with Crippen molar-refractivity contribution in [2.45, 2.75) is 70.4 Å². The van der Waals surface area contributed by atoms with Crippen molar-refractivity contribution in [3.63, 3.8) is 0 Å². The second-order valence-corrected chi connectivity index (χ2v) is 7.83. The van der Waals surface area contributed by atoms with Crippen LogP contribution in [0.5, 0.6) is 0 Å². The molecule has 3 rings (SSSR count). The first kappa shape index (κ1) is 16.3. The molecule has 0 bridgehead atoms. The van der Waals surface area contributed by atoms with Crippen molar-refractivity contribution in [3.8, 4) is 0 Å². The highest BCUT2D eigenvalue weighted by atomic mass is 16.2. The molecule has 3 fully saturated rings. The molecule has 1 aliphatic carbocycles.